The van der Waals surface area contributed by atoms with Crippen LogP contribution in [-0.2, 0) is 12.8 Å². The van der Waals surface area contributed by atoms with E-state index >= 15 is 0 Å². The highest BCUT2D eigenvalue weighted by Crippen LogP contribution is 2.41. The zero-order chi connectivity index (χ0) is 19.0. The van der Waals surface area contributed by atoms with E-state index < -0.39 is 0 Å². The van der Waals surface area contributed by atoms with E-state index in [0.29, 0.717) is 5.41 Å². The molecule has 0 N–H and O–H groups in total. The van der Waals surface area contributed by atoms with Crippen LogP contribution < -0.4 is 0 Å². The van der Waals surface area contributed by atoms with Gasteiger partial charge in [-0.05, 0) is 76.8 Å². The summed E-state index contributed by atoms with van der Waals surface area (Å²) in [6.07, 6.45) is 7.04. The van der Waals surface area contributed by atoms with E-state index in [1.165, 1.54) is 51.4 Å². The zero-order valence-corrected chi connectivity index (χ0v) is 17.2. The fraction of sp³-hybridized carbons (Fsp3) is 0.308. The summed E-state index contributed by atoms with van der Waals surface area (Å²) in [6.45, 7) is 7.01. The van der Waals surface area contributed by atoms with Crippen molar-refractivity contribution in [1.82, 2.24) is 0 Å². The Hall–Kier alpha value is -2.05. The molecule has 3 aromatic carbocycles. The highest BCUT2D eigenvalue weighted by molar-refractivity contribution is 6.31. The Kier molecular flexibility index (Phi) is 4.86. The minimum Gasteiger partial charge on any atom is -0.0843 e. The fourth-order valence-corrected chi connectivity index (χ4v) is 4.65. The Labute approximate surface area is 167 Å². The molecular formula is C26H27Cl. The van der Waals surface area contributed by atoms with Gasteiger partial charge in [0.15, 0.2) is 0 Å². The highest BCUT2D eigenvalue weighted by Gasteiger charge is 2.29. The second kappa shape index (κ2) is 7.17. The molecule has 0 aliphatic heterocycles. The molecule has 1 aliphatic carbocycles. The summed E-state index contributed by atoms with van der Waals surface area (Å²) in [6, 6.07) is 19.8. The first-order chi connectivity index (χ1) is 13.0. The fourth-order valence-electron chi connectivity index (χ4n) is 4.47. The smallest absolute Gasteiger partial charge is 0.0412 e. The Morgan fingerprint density at radius 1 is 0.926 bits per heavy atom. The number of halogens is 1. The summed E-state index contributed by atoms with van der Waals surface area (Å²) in [5.41, 5.74) is 7.47. The molecule has 1 atom stereocenters. The molecule has 1 aliphatic rings. The lowest BCUT2D eigenvalue weighted by Gasteiger charge is -2.35. The van der Waals surface area contributed by atoms with Gasteiger partial charge < -0.3 is 0 Å². The van der Waals surface area contributed by atoms with Crippen molar-refractivity contribution in [2.45, 2.75) is 46.5 Å². The molecule has 0 amide bonds. The first kappa shape index (κ1) is 18.3. The van der Waals surface area contributed by atoms with Crippen molar-refractivity contribution in [2.24, 2.45) is 5.41 Å². The van der Waals surface area contributed by atoms with Crippen molar-refractivity contribution < 1.29 is 0 Å². The van der Waals surface area contributed by atoms with Crippen molar-refractivity contribution >= 4 is 28.4 Å². The van der Waals surface area contributed by atoms with E-state index in [1.807, 2.05) is 12.1 Å². The molecule has 0 heterocycles. The third-order valence-corrected chi connectivity index (χ3v) is 6.43. The average molecular weight is 375 g/mol. The summed E-state index contributed by atoms with van der Waals surface area (Å²) in [5, 5.41) is 3.24. The van der Waals surface area contributed by atoms with Gasteiger partial charge in [-0.2, -0.15) is 0 Å². The van der Waals surface area contributed by atoms with Crippen molar-refractivity contribution in [2.75, 3.05) is 0 Å². The maximum absolute atomic E-state index is 6.10. The molecule has 3 aromatic rings. The van der Waals surface area contributed by atoms with Crippen LogP contribution in [0.3, 0.4) is 0 Å². The second-order valence-electron chi connectivity index (χ2n) is 8.35. The Bertz CT molecular complexity index is 1030. The van der Waals surface area contributed by atoms with Gasteiger partial charge in [0.25, 0.3) is 0 Å². The van der Waals surface area contributed by atoms with Crippen LogP contribution >= 0.6 is 11.6 Å². The lowest BCUT2D eigenvalue weighted by atomic mass is 9.70. The monoisotopic (exact) mass is 374 g/mol. The third kappa shape index (κ3) is 3.69. The van der Waals surface area contributed by atoms with Crippen LogP contribution in [0.15, 0.2) is 60.2 Å². The lowest BCUT2D eigenvalue weighted by molar-refractivity contribution is 0.356. The van der Waals surface area contributed by atoms with Crippen LogP contribution in [0.4, 0.5) is 0 Å². The normalized spacial score (nSPS) is 19.0. The first-order valence-corrected chi connectivity index (χ1v) is 10.3. The minimum absolute atomic E-state index is 0.322. The minimum atomic E-state index is 0.322. The number of fused-ring (bicyclic) bond motifs is 2. The molecule has 0 aromatic heterocycles. The second-order valence-corrected chi connectivity index (χ2v) is 8.79. The number of benzene rings is 3. The largest absolute Gasteiger partial charge is 0.0843 e. The molecule has 0 radical (unpaired) electrons. The molecule has 0 bridgehead atoms. The molecule has 27 heavy (non-hydrogen) atoms. The van der Waals surface area contributed by atoms with Gasteiger partial charge in [0.2, 0.25) is 0 Å². The van der Waals surface area contributed by atoms with Crippen LogP contribution in [0.1, 0.15) is 55.9 Å². The topological polar surface area (TPSA) is 0 Å². The van der Waals surface area contributed by atoms with E-state index in [1.54, 1.807) is 0 Å². The summed E-state index contributed by atoms with van der Waals surface area (Å²) < 4.78 is 0. The predicted molar refractivity (Wildman–Crippen MR) is 119 cm³/mol. The first-order valence-electron chi connectivity index (χ1n) is 9.96. The SMILES string of the molecule is CCCC1(C)Cc2ccc(Cc3ccc4cc(Cl)ccc4c3)cc2C=C1C. The average Bonchev–Trinajstić information content (AvgIpc) is 2.63. The maximum Gasteiger partial charge on any atom is 0.0412 e. The van der Waals surface area contributed by atoms with Gasteiger partial charge in [0, 0.05) is 5.02 Å². The summed E-state index contributed by atoms with van der Waals surface area (Å²) in [5.74, 6) is 0. The Morgan fingerprint density at radius 3 is 2.44 bits per heavy atom. The van der Waals surface area contributed by atoms with E-state index in [2.05, 4.69) is 69.3 Å². The van der Waals surface area contributed by atoms with Crippen molar-refractivity contribution in [3.8, 4) is 0 Å². The zero-order valence-electron chi connectivity index (χ0n) is 16.5. The van der Waals surface area contributed by atoms with Crippen LogP contribution in [0.2, 0.25) is 5.02 Å². The molecule has 138 valence electrons. The van der Waals surface area contributed by atoms with E-state index in [9.17, 15) is 0 Å². The van der Waals surface area contributed by atoms with Gasteiger partial charge in [-0.15, -0.1) is 0 Å². The maximum atomic E-state index is 6.10. The molecule has 0 fully saturated rings. The van der Waals surface area contributed by atoms with Gasteiger partial charge in [-0.1, -0.05) is 86.0 Å². The molecule has 0 nitrogen and oxygen atoms in total. The predicted octanol–water partition coefficient (Wildman–Crippen LogP) is 7.85. The van der Waals surface area contributed by atoms with Gasteiger partial charge >= 0.3 is 0 Å². The van der Waals surface area contributed by atoms with Gasteiger partial charge in [0.05, 0.1) is 0 Å². The van der Waals surface area contributed by atoms with E-state index in [0.717, 1.165) is 17.9 Å². The molecule has 1 heteroatoms. The van der Waals surface area contributed by atoms with Gasteiger partial charge in [-0.3, -0.25) is 0 Å². The Balaban J connectivity index is 1.61. The van der Waals surface area contributed by atoms with Crippen LogP contribution in [0.5, 0.6) is 0 Å². The number of hydrogen-bond donors (Lipinski definition) is 0. The van der Waals surface area contributed by atoms with Crippen molar-refractivity contribution in [3.05, 3.63) is 87.4 Å². The Morgan fingerprint density at radius 2 is 1.63 bits per heavy atom. The van der Waals surface area contributed by atoms with Crippen LogP contribution in [0.25, 0.3) is 16.8 Å². The molecule has 4 rings (SSSR count). The van der Waals surface area contributed by atoms with E-state index in [-0.39, 0.29) is 0 Å². The molecule has 0 saturated carbocycles. The van der Waals surface area contributed by atoms with Crippen molar-refractivity contribution in [1.29, 1.82) is 0 Å². The highest BCUT2D eigenvalue weighted by atomic mass is 35.5. The van der Waals surface area contributed by atoms with Crippen LogP contribution in [0, 0.1) is 5.41 Å². The standard InChI is InChI=1S/C26H27Cl/c1-4-11-26(3)17-23-8-6-20(15-24(23)12-18(26)2)13-19-5-7-22-16-25(27)10-9-21(22)14-19/h5-10,12,14-16H,4,11,13,17H2,1-3H3. The lowest BCUT2D eigenvalue weighted by Crippen LogP contribution is -2.24. The van der Waals surface area contributed by atoms with Crippen molar-refractivity contribution in [3.63, 3.8) is 0 Å². The molecule has 1 unspecified atom stereocenters. The molecular weight excluding hydrogens is 348 g/mol. The summed E-state index contributed by atoms with van der Waals surface area (Å²) in [4.78, 5) is 0. The molecule has 0 spiro atoms. The van der Waals surface area contributed by atoms with E-state index in [4.69, 9.17) is 11.6 Å². The summed E-state index contributed by atoms with van der Waals surface area (Å²) >= 11 is 6.10. The molecule has 0 saturated heterocycles. The van der Waals surface area contributed by atoms with Crippen LogP contribution in [-0.4, -0.2) is 0 Å². The van der Waals surface area contributed by atoms with Gasteiger partial charge in [-0.25, -0.2) is 0 Å². The quantitative estimate of drug-likeness (QED) is 0.436. The number of allylic oxidation sites excluding steroid dienone is 1. The van der Waals surface area contributed by atoms with Gasteiger partial charge in [0.1, 0.15) is 0 Å². The number of hydrogen-bond acceptors (Lipinski definition) is 0. The summed E-state index contributed by atoms with van der Waals surface area (Å²) in [7, 11) is 0. The third-order valence-electron chi connectivity index (χ3n) is 6.19. The number of rotatable bonds is 4.